The van der Waals surface area contributed by atoms with Gasteiger partial charge in [-0.25, -0.2) is 0 Å². The topological polar surface area (TPSA) is 94.1 Å². The van der Waals surface area contributed by atoms with Gasteiger partial charge in [-0.3, -0.25) is 0 Å². The van der Waals surface area contributed by atoms with Gasteiger partial charge in [0, 0.05) is 10.8 Å². The normalized spacial score (nSPS) is 11.8. The van der Waals surface area contributed by atoms with E-state index in [1.165, 1.54) is 0 Å². The van der Waals surface area contributed by atoms with Crippen LogP contribution in [0.3, 0.4) is 0 Å². The maximum Gasteiger partial charge on any atom is 0.176 e. The van der Waals surface area contributed by atoms with E-state index in [9.17, 15) is 20.4 Å². The van der Waals surface area contributed by atoms with Gasteiger partial charge in [-0.2, -0.15) is 0 Å². The summed E-state index contributed by atoms with van der Waals surface area (Å²) in [5.74, 6) is -2.13. The molecule has 0 atom stereocenters. The Morgan fingerprint density at radius 3 is 1.72 bits per heavy atom. The first-order chi connectivity index (χ1) is 15.4. The lowest BCUT2D eigenvalue weighted by molar-refractivity contribution is 0.371. The third-order valence-electron chi connectivity index (χ3n) is 5.92. The van der Waals surface area contributed by atoms with Gasteiger partial charge in [-0.1, -0.05) is 36.4 Å². The third kappa shape index (κ3) is 2.56. The number of halogens is 1. The van der Waals surface area contributed by atoms with Crippen LogP contribution >= 0.6 is 15.9 Å². The Bertz CT molecular complexity index is 1700. The fourth-order valence-electron chi connectivity index (χ4n) is 4.30. The number of furan rings is 1. The molecule has 0 unspecified atom stereocenters. The zero-order chi connectivity index (χ0) is 22.1. The molecule has 0 spiro atoms. The van der Waals surface area contributed by atoms with Gasteiger partial charge in [0.1, 0.15) is 15.6 Å². The maximum atomic E-state index is 10.4. The second-order valence-electron chi connectivity index (χ2n) is 7.79. The second kappa shape index (κ2) is 6.55. The molecule has 0 amide bonds. The van der Waals surface area contributed by atoms with Gasteiger partial charge in [-0.15, -0.1) is 0 Å². The van der Waals surface area contributed by atoms with Gasteiger partial charge in [0.05, 0.1) is 5.56 Å². The van der Waals surface area contributed by atoms with Crippen LogP contribution in [0, 0.1) is 0 Å². The van der Waals surface area contributed by atoms with Crippen molar-refractivity contribution in [1.82, 2.24) is 0 Å². The van der Waals surface area contributed by atoms with Crippen molar-refractivity contribution < 1.29 is 24.8 Å². The minimum Gasteiger partial charge on any atom is -0.504 e. The summed E-state index contributed by atoms with van der Waals surface area (Å²) < 4.78 is 5.94. The van der Waals surface area contributed by atoms with Crippen LogP contribution in [0.25, 0.3) is 54.6 Å². The Morgan fingerprint density at radius 2 is 1.09 bits per heavy atom. The first-order valence-electron chi connectivity index (χ1n) is 9.87. The number of aromatic hydroxyl groups is 4. The minimum atomic E-state index is -0.543. The highest BCUT2D eigenvalue weighted by Crippen LogP contribution is 2.53. The second-order valence-corrected chi connectivity index (χ2v) is 8.58. The summed E-state index contributed by atoms with van der Waals surface area (Å²) >= 11 is 2.96. The molecule has 0 radical (unpaired) electrons. The van der Waals surface area contributed by atoms with E-state index in [4.69, 9.17) is 4.42 Å². The van der Waals surface area contributed by atoms with E-state index in [0.717, 1.165) is 43.5 Å². The number of benzene rings is 5. The van der Waals surface area contributed by atoms with Crippen LogP contribution in [0.2, 0.25) is 0 Å². The van der Waals surface area contributed by atoms with E-state index >= 15 is 0 Å². The molecule has 0 aliphatic heterocycles. The highest BCUT2D eigenvalue weighted by Gasteiger charge is 2.23. The lowest BCUT2D eigenvalue weighted by Crippen LogP contribution is -1.85. The van der Waals surface area contributed by atoms with Gasteiger partial charge >= 0.3 is 0 Å². The average Bonchev–Trinajstić information content (AvgIpc) is 3.14. The lowest BCUT2D eigenvalue weighted by Gasteiger charge is -2.13. The SMILES string of the molecule is Oc1c(O)c(-c2ccc3cc4oc5cc6ccccc6cc5c4cc3c2)c(O)c(O)c1Br. The van der Waals surface area contributed by atoms with Crippen molar-refractivity contribution in [3.8, 4) is 34.1 Å². The number of hydrogen-bond acceptors (Lipinski definition) is 5. The fourth-order valence-corrected chi connectivity index (χ4v) is 4.68. The van der Waals surface area contributed by atoms with E-state index < -0.39 is 23.0 Å². The Kier molecular flexibility index (Phi) is 3.85. The number of rotatable bonds is 1. The standard InChI is InChI=1S/C26H15BrO5/c27-22-25(30)23(28)21(24(29)26(22)31)15-6-5-14-11-20-18(9-16(14)7-15)17-8-12-3-1-2-4-13(12)10-19(17)32-20/h1-11,28-31H. The molecular weight excluding hydrogens is 472 g/mol. The summed E-state index contributed by atoms with van der Waals surface area (Å²) in [7, 11) is 0. The molecule has 5 aromatic carbocycles. The molecule has 6 aromatic rings. The monoisotopic (exact) mass is 486 g/mol. The third-order valence-corrected chi connectivity index (χ3v) is 6.67. The molecule has 0 bridgehead atoms. The summed E-state index contributed by atoms with van der Waals surface area (Å²) in [6, 6.07) is 21.5. The largest absolute Gasteiger partial charge is 0.504 e. The molecule has 1 aromatic heterocycles. The summed E-state index contributed by atoms with van der Waals surface area (Å²) in [4.78, 5) is 0. The summed E-state index contributed by atoms with van der Waals surface area (Å²) in [5, 5.41) is 47.0. The van der Waals surface area contributed by atoms with Gasteiger partial charge in [-0.05, 0) is 73.4 Å². The highest BCUT2D eigenvalue weighted by molar-refractivity contribution is 9.10. The van der Waals surface area contributed by atoms with Gasteiger partial charge in [0.2, 0.25) is 0 Å². The first-order valence-corrected chi connectivity index (χ1v) is 10.7. The molecule has 0 saturated heterocycles. The Balaban J connectivity index is 1.63. The predicted octanol–water partition coefficient (Wildman–Crippen LogP) is 7.14. The molecule has 32 heavy (non-hydrogen) atoms. The Labute approximate surface area is 189 Å². The van der Waals surface area contributed by atoms with Crippen molar-refractivity contribution in [2.45, 2.75) is 0 Å². The van der Waals surface area contributed by atoms with Crippen molar-refractivity contribution in [2.75, 3.05) is 0 Å². The van der Waals surface area contributed by atoms with Crippen molar-refractivity contribution in [3.63, 3.8) is 0 Å². The predicted molar refractivity (Wildman–Crippen MR) is 129 cm³/mol. The number of fused-ring (bicyclic) bond motifs is 5. The summed E-state index contributed by atoms with van der Waals surface area (Å²) in [6.07, 6.45) is 0. The quantitative estimate of drug-likeness (QED) is 0.146. The van der Waals surface area contributed by atoms with Crippen LogP contribution in [0.1, 0.15) is 0 Å². The van der Waals surface area contributed by atoms with Crippen molar-refractivity contribution in [1.29, 1.82) is 0 Å². The van der Waals surface area contributed by atoms with Gasteiger partial charge in [0.15, 0.2) is 23.0 Å². The molecular formula is C26H15BrO5. The molecule has 0 aliphatic carbocycles. The maximum absolute atomic E-state index is 10.4. The molecule has 0 aliphatic rings. The van der Waals surface area contributed by atoms with Gasteiger partial charge < -0.3 is 24.8 Å². The highest BCUT2D eigenvalue weighted by atomic mass is 79.9. The minimum absolute atomic E-state index is 0.0479. The molecule has 0 fully saturated rings. The van der Waals surface area contributed by atoms with Crippen molar-refractivity contribution in [3.05, 3.63) is 71.2 Å². The van der Waals surface area contributed by atoms with E-state index in [-0.39, 0.29) is 10.0 Å². The molecule has 0 saturated carbocycles. The smallest absolute Gasteiger partial charge is 0.176 e. The number of hydrogen-bond donors (Lipinski definition) is 4. The van der Waals surface area contributed by atoms with E-state index in [1.54, 1.807) is 12.1 Å². The van der Waals surface area contributed by atoms with Crippen LogP contribution in [-0.4, -0.2) is 20.4 Å². The lowest BCUT2D eigenvalue weighted by atomic mass is 9.97. The van der Waals surface area contributed by atoms with Crippen LogP contribution < -0.4 is 0 Å². The number of phenols is 4. The van der Waals surface area contributed by atoms with Crippen molar-refractivity contribution >= 4 is 59.4 Å². The summed E-state index contributed by atoms with van der Waals surface area (Å²) in [5.41, 5.74) is 1.96. The fraction of sp³-hybridized carbons (Fsp3) is 0. The van der Waals surface area contributed by atoms with Crippen molar-refractivity contribution in [2.24, 2.45) is 0 Å². The first kappa shape index (κ1) is 18.8. The molecule has 6 heteroatoms. The van der Waals surface area contributed by atoms with Crippen LogP contribution in [0.4, 0.5) is 0 Å². The van der Waals surface area contributed by atoms with E-state index in [0.29, 0.717) is 5.56 Å². The van der Waals surface area contributed by atoms with Gasteiger partial charge in [0.25, 0.3) is 0 Å². The molecule has 6 rings (SSSR count). The molecule has 1 heterocycles. The van der Waals surface area contributed by atoms with Crippen LogP contribution in [0.15, 0.2) is 75.6 Å². The zero-order valence-electron chi connectivity index (χ0n) is 16.4. The van der Waals surface area contributed by atoms with E-state index in [1.807, 2.05) is 42.5 Å². The number of phenolic OH excluding ortho intramolecular Hbond substituents is 4. The zero-order valence-corrected chi connectivity index (χ0v) is 18.0. The van der Waals surface area contributed by atoms with E-state index in [2.05, 4.69) is 28.1 Å². The molecule has 4 N–H and O–H groups in total. The van der Waals surface area contributed by atoms with Crippen LogP contribution in [0.5, 0.6) is 23.0 Å². The average molecular weight is 487 g/mol. The summed E-state index contributed by atoms with van der Waals surface area (Å²) in [6.45, 7) is 0. The molecule has 5 nitrogen and oxygen atoms in total. The molecule has 156 valence electrons. The Hall–Kier alpha value is -3.90. The Morgan fingerprint density at radius 1 is 0.562 bits per heavy atom. The van der Waals surface area contributed by atoms with Crippen LogP contribution in [-0.2, 0) is 0 Å².